The molecule has 0 amide bonds. The lowest BCUT2D eigenvalue weighted by Crippen LogP contribution is -2.05. The summed E-state index contributed by atoms with van der Waals surface area (Å²) in [5, 5.41) is 8.39. The molecule has 0 saturated heterocycles. The van der Waals surface area contributed by atoms with Crippen LogP contribution in [0.5, 0.6) is 0 Å². The molecular formula is C10H12N2OS. The molecule has 0 aromatic heterocycles. The topological polar surface area (TPSA) is 64.7 Å². The van der Waals surface area contributed by atoms with Gasteiger partial charge in [0.2, 0.25) is 0 Å². The van der Waals surface area contributed by atoms with Crippen LogP contribution in [0, 0.1) is 23.0 Å². The van der Waals surface area contributed by atoms with E-state index >= 15 is 0 Å². The quantitative estimate of drug-likeness (QED) is 0.826. The van der Waals surface area contributed by atoms with Crippen molar-refractivity contribution in [2.75, 3.05) is 5.75 Å². The van der Waals surface area contributed by atoms with E-state index in [4.69, 9.17) is 10.0 Å². The van der Waals surface area contributed by atoms with Gasteiger partial charge in [0.15, 0.2) is 0 Å². The van der Waals surface area contributed by atoms with Gasteiger partial charge in [0.05, 0.1) is 21.6 Å². The van der Waals surface area contributed by atoms with Crippen LogP contribution in [0.15, 0.2) is 24.3 Å². The SMILES string of the molecule is Cc1cccc(CS(=N)(=O)CC#N)c1. The first-order chi connectivity index (χ1) is 6.53. The molecule has 0 aliphatic heterocycles. The highest BCUT2D eigenvalue weighted by Gasteiger charge is 2.06. The molecule has 0 aliphatic rings. The molecule has 0 aliphatic carbocycles. The molecule has 1 aromatic rings. The maximum Gasteiger partial charge on any atom is 0.119 e. The maximum absolute atomic E-state index is 11.5. The lowest BCUT2D eigenvalue weighted by atomic mass is 10.2. The highest BCUT2D eigenvalue weighted by Crippen LogP contribution is 2.09. The van der Waals surface area contributed by atoms with Crippen molar-refractivity contribution in [2.24, 2.45) is 0 Å². The molecule has 1 N–H and O–H groups in total. The van der Waals surface area contributed by atoms with Crippen LogP contribution in [0.2, 0.25) is 0 Å². The maximum atomic E-state index is 11.5. The van der Waals surface area contributed by atoms with Gasteiger partial charge in [-0.05, 0) is 12.5 Å². The smallest absolute Gasteiger partial charge is 0.119 e. The minimum absolute atomic E-state index is 0.169. The van der Waals surface area contributed by atoms with E-state index in [1.165, 1.54) is 0 Å². The number of rotatable bonds is 3. The van der Waals surface area contributed by atoms with Gasteiger partial charge in [-0.15, -0.1) is 0 Å². The van der Waals surface area contributed by atoms with Gasteiger partial charge in [0, 0.05) is 0 Å². The predicted molar refractivity (Wildman–Crippen MR) is 56.2 cm³/mol. The van der Waals surface area contributed by atoms with Gasteiger partial charge < -0.3 is 0 Å². The Hall–Kier alpha value is -1.34. The van der Waals surface area contributed by atoms with Crippen molar-refractivity contribution in [1.82, 2.24) is 0 Å². The lowest BCUT2D eigenvalue weighted by Gasteiger charge is -2.03. The molecule has 0 saturated carbocycles. The van der Waals surface area contributed by atoms with Crippen molar-refractivity contribution in [1.29, 1.82) is 10.0 Å². The van der Waals surface area contributed by atoms with E-state index in [2.05, 4.69) is 0 Å². The fourth-order valence-corrected chi connectivity index (χ4v) is 2.26. The fourth-order valence-electron chi connectivity index (χ4n) is 1.23. The molecule has 1 rings (SSSR count). The van der Waals surface area contributed by atoms with Crippen LogP contribution in [0.4, 0.5) is 0 Å². The summed E-state index contributed by atoms with van der Waals surface area (Å²) < 4.78 is 19.0. The average Bonchev–Trinajstić information content (AvgIpc) is 2.02. The Kier molecular flexibility index (Phi) is 3.26. The van der Waals surface area contributed by atoms with Crippen LogP contribution < -0.4 is 0 Å². The molecule has 1 atom stereocenters. The first-order valence-electron chi connectivity index (χ1n) is 4.20. The molecule has 0 spiro atoms. The fraction of sp³-hybridized carbons (Fsp3) is 0.300. The molecule has 1 aromatic carbocycles. The Balaban J connectivity index is 2.85. The Morgan fingerprint density at radius 3 is 2.86 bits per heavy atom. The summed E-state index contributed by atoms with van der Waals surface area (Å²) in [4.78, 5) is 0. The molecule has 74 valence electrons. The van der Waals surface area contributed by atoms with Crippen LogP contribution in [0.3, 0.4) is 0 Å². The summed E-state index contributed by atoms with van der Waals surface area (Å²) in [5.41, 5.74) is 1.94. The number of hydrogen-bond donors (Lipinski definition) is 1. The average molecular weight is 208 g/mol. The van der Waals surface area contributed by atoms with Gasteiger partial charge in [-0.2, -0.15) is 5.26 Å². The van der Waals surface area contributed by atoms with Crippen molar-refractivity contribution < 1.29 is 4.21 Å². The van der Waals surface area contributed by atoms with Crippen LogP contribution in [0.25, 0.3) is 0 Å². The molecule has 1 unspecified atom stereocenters. The van der Waals surface area contributed by atoms with E-state index in [-0.39, 0.29) is 11.5 Å². The molecule has 0 heterocycles. The van der Waals surface area contributed by atoms with E-state index in [9.17, 15) is 4.21 Å². The molecule has 0 fully saturated rings. The van der Waals surface area contributed by atoms with E-state index in [0.29, 0.717) is 0 Å². The first-order valence-corrected chi connectivity index (χ1v) is 6.10. The molecule has 3 nitrogen and oxygen atoms in total. The third kappa shape index (κ3) is 3.19. The summed E-state index contributed by atoms with van der Waals surface area (Å²) in [6.45, 7) is 1.94. The molecule has 0 radical (unpaired) electrons. The second-order valence-corrected chi connectivity index (χ2v) is 5.45. The van der Waals surface area contributed by atoms with Crippen molar-refractivity contribution in [3.8, 4) is 6.07 Å². The van der Waals surface area contributed by atoms with Crippen LogP contribution >= 0.6 is 0 Å². The highest BCUT2D eigenvalue weighted by atomic mass is 32.2. The summed E-state index contributed by atoms with van der Waals surface area (Å²) in [6, 6.07) is 9.32. The van der Waals surface area contributed by atoms with Crippen molar-refractivity contribution in [3.63, 3.8) is 0 Å². The monoisotopic (exact) mass is 208 g/mol. The van der Waals surface area contributed by atoms with Gasteiger partial charge in [0.25, 0.3) is 0 Å². The van der Waals surface area contributed by atoms with Gasteiger partial charge in [0.1, 0.15) is 5.75 Å². The molecule has 4 heteroatoms. The Morgan fingerprint density at radius 2 is 2.29 bits per heavy atom. The first kappa shape index (κ1) is 10.7. The van der Waals surface area contributed by atoms with E-state index in [0.717, 1.165) is 11.1 Å². The number of nitriles is 1. The Morgan fingerprint density at radius 1 is 1.57 bits per heavy atom. The van der Waals surface area contributed by atoms with Crippen molar-refractivity contribution in [2.45, 2.75) is 12.7 Å². The molecule has 14 heavy (non-hydrogen) atoms. The summed E-state index contributed by atoms with van der Waals surface area (Å²) in [5.74, 6) is -0.0246. The zero-order valence-corrected chi connectivity index (χ0v) is 8.80. The minimum atomic E-state index is -2.76. The number of nitrogens with zero attached hydrogens (tertiary/aromatic N) is 1. The van der Waals surface area contributed by atoms with Gasteiger partial charge in [-0.3, -0.25) is 4.78 Å². The van der Waals surface area contributed by atoms with E-state index in [1.807, 2.05) is 31.2 Å². The Bertz CT molecular complexity index is 457. The van der Waals surface area contributed by atoms with Crippen LogP contribution in [-0.4, -0.2) is 9.96 Å². The molecular weight excluding hydrogens is 196 g/mol. The second kappa shape index (κ2) is 4.25. The Labute approximate surface area is 84.4 Å². The number of aryl methyl sites for hydroxylation is 1. The minimum Gasteiger partial charge on any atom is -0.252 e. The summed E-state index contributed by atoms with van der Waals surface area (Å²) in [6.07, 6.45) is 0. The van der Waals surface area contributed by atoms with Crippen LogP contribution in [-0.2, 0) is 15.5 Å². The van der Waals surface area contributed by atoms with E-state index in [1.54, 1.807) is 6.07 Å². The number of benzene rings is 1. The van der Waals surface area contributed by atoms with Gasteiger partial charge in [-0.1, -0.05) is 29.8 Å². The molecule has 0 bridgehead atoms. The normalized spacial score (nSPS) is 14.3. The number of hydrogen-bond acceptors (Lipinski definition) is 3. The zero-order valence-electron chi connectivity index (χ0n) is 7.99. The highest BCUT2D eigenvalue weighted by molar-refractivity contribution is 7.91. The number of nitrogens with one attached hydrogen (secondary N) is 1. The lowest BCUT2D eigenvalue weighted by molar-refractivity contribution is 0.676. The van der Waals surface area contributed by atoms with Crippen LogP contribution in [0.1, 0.15) is 11.1 Å². The van der Waals surface area contributed by atoms with Crippen molar-refractivity contribution in [3.05, 3.63) is 35.4 Å². The van der Waals surface area contributed by atoms with E-state index < -0.39 is 9.73 Å². The standard InChI is InChI=1S/C10H12N2OS/c1-9-3-2-4-10(7-9)8-14(12,13)6-5-11/h2-4,7,12H,6,8H2,1H3. The van der Waals surface area contributed by atoms with Gasteiger partial charge >= 0.3 is 0 Å². The van der Waals surface area contributed by atoms with Gasteiger partial charge in [-0.25, -0.2) is 4.21 Å². The third-order valence-corrected chi connectivity index (χ3v) is 3.18. The largest absolute Gasteiger partial charge is 0.252 e. The second-order valence-electron chi connectivity index (χ2n) is 3.25. The summed E-state index contributed by atoms with van der Waals surface area (Å²) in [7, 11) is -2.76. The summed E-state index contributed by atoms with van der Waals surface area (Å²) >= 11 is 0. The zero-order chi connectivity index (χ0) is 10.6. The predicted octanol–water partition coefficient (Wildman–Crippen LogP) is 2.07. The third-order valence-electron chi connectivity index (χ3n) is 1.78. The van der Waals surface area contributed by atoms with Crippen molar-refractivity contribution >= 4 is 9.73 Å².